The van der Waals surface area contributed by atoms with Crippen molar-refractivity contribution in [2.75, 3.05) is 0 Å². The molecule has 2 nitrogen and oxygen atoms in total. The molecule has 0 spiro atoms. The molecule has 5 aliphatic carbocycles. The zero-order valence-corrected chi connectivity index (χ0v) is 9.95. The molecule has 0 aromatic rings. The summed E-state index contributed by atoms with van der Waals surface area (Å²) in [6.45, 7) is 0. The smallest absolute Gasteiger partial charge is 0.190 e. The lowest BCUT2D eigenvalue weighted by molar-refractivity contribution is -0.116. The normalized spacial score (nSPS) is 35.3. The highest BCUT2D eigenvalue weighted by Gasteiger charge is 2.51. The second-order valence-corrected chi connectivity index (χ2v) is 6.00. The molecule has 0 aromatic heterocycles. The van der Waals surface area contributed by atoms with Crippen LogP contribution < -0.4 is 0 Å². The van der Waals surface area contributed by atoms with Crippen LogP contribution in [-0.2, 0) is 9.59 Å². The molecule has 0 aliphatic heterocycles. The lowest BCUT2D eigenvalue weighted by Crippen LogP contribution is -2.26. The number of carbonyl (C=O) groups excluding carboxylic acids is 2. The van der Waals surface area contributed by atoms with Gasteiger partial charge in [0, 0.05) is 22.3 Å². The molecular weight excluding hydrogens is 224 g/mol. The molecule has 2 atom stereocenters. The molecule has 5 rings (SSSR count). The van der Waals surface area contributed by atoms with Crippen LogP contribution in [0.3, 0.4) is 0 Å². The van der Waals surface area contributed by atoms with E-state index in [-0.39, 0.29) is 11.6 Å². The Kier molecular flexibility index (Phi) is 1.37. The number of fused-ring (bicyclic) bond motifs is 8. The summed E-state index contributed by atoms with van der Waals surface area (Å²) >= 11 is 0. The van der Waals surface area contributed by atoms with Crippen molar-refractivity contribution in [2.45, 2.75) is 25.7 Å². The van der Waals surface area contributed by atoms with Crippen molar-refractivity contribution in [1.82, 2.24) is 0 Å². The average Bonchev–Trinajstić information content (AvgIpc) is 3.10. The van der Waals surface area contributed by atoms with Crippen LogP contribution in [0.4, 0.5) is 0 Å². The van der Waals surface area contributed by atoms with Crippen molar-refractivity contribution in [1.29, 1.82) is 0 Å². The predicted molar refractivity (Wildman–Crippen MR) is 65.7 cm³/mol. The molecule has 0 amide bonds. The summed E-state index contributed by atoms with van der Waals surface area (Å²) in [6.07, 6.45) is 8.08. The summed E-state index contributed by atoms with van der Waals surface area (Å²) in [6, 6.07) is 0. The van der Waals surface area contributed by atoms with Crippen LogP contribution >= 0.6 is 0 Å². The first-order valence-electron chi connectivity index (χ1n) is 6.74. The van der Waals surface area contributed by atoms with Gasteiger partial charge in [-0.25, -0.2) is 0 Å². The van der Waals surface area contributed by atoms with E-state index in [0.29, 0.717) is 11.8 Å². The van der Waals surface area contributed by atoms with Crippen molar-refractivity contribution in [3.05, 3.63) is 45.6 Å². The highest BCUT2D eigenvalue weighted by Crippen LogP contribution is 2.56. The molecule has 88 valence electrons. The van der Waals surface area contributed by atoms with Gasteiger partial charge in [0.25, 0.3) is 0 Å². The number of Topliss-reactive ketones (excluding diaryl/α,β-unsaturated/α-hetero) is 2. The van der Waals surface area contributed by atoms with Crippen molar-refractivity contribution >= 4 is 11.6 Å². The van der Waals surface area contributed by atoms with Crippen LogP contribution in [0.25, 0.3) is 0 Å². The van der Waals surface area contributed by atoms with Gasteiger partial charge in [0.2, 0.25) is 0 Å². The Morgan fingerprint density at radius 1 is 0.833 bits per heavy atom. The first-order chi connectivity index (χ1) is 8.75. The quantitative estimate of drug-likeness (QED) is 0.605. The first-order valence-corrected chi connectivity index (χ1v) is 6.74. The van der Waals surface area contributed by atoms with Gasteiger partial charge in [-0.1, -0.05) is 12.2 Å². The van der Waals surface area contributed by atoms with Crippen LogP contribution in [0.1, 0.15) is 25.7 Å². The Hall–Kier alpha value is -1.70. The lowest BCUT2D eigenvalue weighted by atomic mass is 9.76. The maximum Gasteiger partial charge on any atom is 0.190 e. The van der Waals surface area contributed by atoms with Gasteiger partial charge in [0.05, 0.1) is 0 Å². The van der Waals surface area contributed by atoms with Gasteiger partial charge in [0.15, 0.2) is 11.6 Å². The molecule has 2 heteroatoms. The van der Waals surface area contributed by atoms with Crippen molar-refractivity contribution in [3.8, 4) is 0 Å². The zero-order chi connectivity index (χ0) is 12.0. The predicted octanol–water partition coefficient (Wildman–Crippen LogP) is 2.43. The van der Waals surface area contributed by atoms with E-state index in [1.54, 1.807) is 0 Å². The monoisotopic (exact) mass is 236 g/mol. The second-order valence-electron chi connectivity index (χ2n) is 6.00. The zero-order valence-electron chi connectivity index (χ0n) is 9.95. The van der Waals surface area contributed by atoms with E-state index in [2.05, 4.69) is 0 Å². The standard InChI is InChI=1S/C16H12O2/c17-15-11-7-1-2-8(5-7)12(11)16(18)14-10-4-3-9(6-10)13(14)15/h1-2,9-10H,3-6H2. The molecule has 2 unspecified atom stereocenters. The third-order valence-electron chi connectivity index (χ3n) is 5.24. The average molecular weight is 236 g/mol. The fraction of sp³-hybridized carbons (Fsp3) is 0.375. The van der Waals surface area contributed by atoms with E-state index in [1.807, 2.05) is 12.2 Å². The molecule has 0 N–H and O–H groups in total. The number of ketones is 2. The highest BCUT2D eigenvalue weighted by atomic mass is 16.1. The summed E-state index contributed by atoms with van der Waals surface area (Å²) in [5.41, 5.74) is 5.45. The third kappa shape index (κ3) is 0.798. The minimum atomic E-state index is 0.182. The Morgan fingerprint density at radius 2 is 1.33 bits per heavy atom. The summed E-state index contributed by atoms with van der Waals surface area (Å²) < 4.78 is 0. The van der Waals surface area contributed by atoms with Gasteiger partial charge in [-0.3, -0.25) is 9.59 Å². The molecule has 0 radical (unpaired) electrons. The van der Waals surface area contributed by atoms with E-state index in [4.69, 9.17) is 0 Å². The van der Waals surface area contributed by atoms with Gasteiger partial charge >= 0.3 is 0 Å². The molecule has 0 heterocycles. The molecular formula is C16H12O2. The highest BCUT2D eigenvalue weighted by molar-refractivity contribution is 6.30. The fourth-order valence-corrected chi connectivity index (χ4v) is 4.54. The first kappa shape index (κ1) is 9.26. The molecule has 1 saturated carbocycles. The van der Waals surface area contributed by atoms with Crippen LogP contribution in [0.5, 0.6) is 0 Å². The van der Waals surface area contributed by atoms with Crippen LogP contribution in [0.2, 0.25) is 0 Å². The maximum absolute atomic E-state index is 12.7. The Morgan fingerprint density at radius 3 is 1.83 bits per heavy atom. The van der Waals surface area contributed by atoms with E-state index < -0.39 is 0 Å². The van der Waals surface area contributed by atoms with Gasteiger partial charge < -0.3 is 0 Å². The topological polar surface area (TPSA) is 34.1 Å². The van der Waals surface area contributed by atoms with E-state index in [1.165, 1.54) is 0 Å². The summed E-state index contributed by atoms with van der Waals surface area (Å²) in [7, 11) is 0. The van der Waals surface area contributed by atoms with E-state index in [0.717, 1.165) is 59.1 Å². The SMILES string of the molecule is O=C1C2=C(C(=O)C3=C1C1CCC3C1)C1=CC=C2C1. The van der Waals surface area contributed by atoms with Crippen molar-refractivity contribution in [3.63, 3.8) is 0 Å². The van der Waals surface area contributed by atoms with Crippen LogP contribution in [-0.4, -0.2) is 11.6 Å². The molecule has 18 heavy (non-hydrogen) atoms. The van der Waals surface area contributed by atoms with Gasteiger partial charge in [-0.05, 0) is 48.7 Å². The van der Waals surface area contributed by atoms with Crippen molar-refractivity contribution in [2.24, 2.45) is 11.8 Å². The lowest BCUT2D eigenvalue weighted by Gasteiger charge is -2.24. The van der Waals surface area contributed by atoms with Gasteiger partial charge in [-0.2, -0.15) is 0 Å². The number of carbonyl (C=O) groups is 2. The van der Waals surface area contributed by atoms with Crippen molar-refractivity contribution < 1.29 is 9.59 Å². The van der Waals surface area contributed by atoms with E-state index in [9.17, 15) is 9.59 Å². The fourth-order valence-electron chi connectivity index (χ4n) is 4.54. The number of hydrogen-bond donors (Lipinski definition) is 0. The summed E-state index contributed by atoms with van der Waals surface area (Å²) in [5.74, 6) is 1.12. The second kappa shape index (κ2) is 2.66. The maximum atomic E-state index is 12.7. The van der Waals surface area contributed by atoms with Crippen LogP contribution in [0, 0.1) is 11.8 Å². The minimum Gasteiger partial charge on any atom is -0.289 e. The molecule has 0 saturated heterocycles. The Balaban J connectivity index is 1.78. The number of rotatable bonds is 0. The van der Waals surface area contributed by atoms with Gasteiger partial charge in [0.1, 0.15) is 0 Å². The molecule has 0 aromatic carbocycles. The Bertz CT molecular complexity index is 626. The number of allylic oxidation sites excluding steroid dienone is 8. The summed E-state index contributed by atoms with van der Waals surface area (Å²) in [5, 5.41) is 0. The third-order valence-corrected chi connectivity index (χ3v) is 5.24. The Labute approximate surface area is 105 Å². The van der Waals surface area contributed by atoms with E-state index >= 15 is 0 Å². The number of hydrogen-bond acceptors (Lipinski definition) is 2. The minimum absolute atomic E-state index is 0.182. The van der Waals surface area contributed by atoms with Crippen LogP contribution in [0.15, 0.2) is 45.6 Å². The molecule has 1 fully saturated rings. The molecule has 4 bridgehead atoms. The molecule has 5 aliphatic rings. The van der Waals surface area contributed by atoms with Gasteiger partial charge in [-0.15, -0.1) is 0 Å². The summed E-state index contributed by atoms with van der Waals surface area (Å²) in [4.78, 5) is 25.4. The largest absolute Gasteiger partial charge is 0.289 e.